The predicted octanol–water partition coefficient (Wildman–Crippen LogP) is 4.22. The second kappa shape index (κ2) is 5.94. The van der Waals surface area contributed by atoms with E-state index in [1.807, 2.05) is 30.5 Å². The Labute approximate surface area is 141 Å². The number of para-hydroxylation sites is 1. The van der Waals surface area contributed by atoms with Crippen LogP contribution < -0.4 is 0 Å². The predicted molar refractivity (Wildman–Crippen MR) is 90.4 cm³/mol. The molecule has 2 aromatic carbocycles. The fourth-order valence-corrected chi connectivity index (χ4v) is 4.29. The first kappa shape index (κ1) is 15.2. The molecule has 1 unspecified atom stereocenters. The molecule has 3 nitrogen and oxygen atoms in total. The highest BCUT2D eigenvalue weighted by molar-refractivity contribution is 8.00. The zero-order valence-corrected chi connectivity index (χ0v) is 13.4. The van der Waals surface area contributed by atoms with Gasteiger partial charge in [-0.05, 0) is 23.8 Å². The van der Waals surface area contributed by atoms with E-state index in [2.05, 4.69) is 4.98 Å². The van der Waals surface area contributed by atoms with Gasteiger partial charge in [0.1, 0.15) is 17.0 Å². The van der Waals surface area contributed by atoms with Crippen LogP contribution in [0.5, 0.6) is 0 Å². The number of hydrogen-bond acceptors (Lipinski definition) is 2. The third-order valence-corrected chi connectivity index (χ3v) is 5.37. The van der Waals surface area contributed by atoms with E-state index in [0.717, 1.165) is 22.5 Å². The minimum atomic E-state index is -0.632. The van der Waals surface area contributed by atoms with Crippen LogP contribution in [0.4, 0.5) is 8.78 Å². The lowest BCUT2D eigenvalue weighted by Crippen LogP contribution is -2.27. The van der Waals surface area contributed by atoms with E-state index in [1.165, 1.54) is 23.9 Å². The number of thioether (sulfide) groups is 1. The summed E-state index contributed by atoms with van der Waals surface area (Å²) in [6.45, 7) is 0.185. The van der Waals surface area contributed by atoms with E-state index in [-0.39, 0.29) is 17.8 Å². The molecule has 1 fully saturated rings. The molecule has 0 spiro atoms. The summed E-state index contributed by atoms with van der Waals surface area (Å²) in [5.41, 5.74) is 2.47. The Balaban J connectivity index is 1.69. The summed E-state index contributed by atoms with van der Waals surface area (Å²) in [5, 5.41) is 0.889. The lowest BCUT2D eigenvalue weighted by molar-refractivity contribution is -0.128. The van der Waals surface area contributed by atoms with Crippen LogP contribution in [-0.4, -0.2) is 21.5 Å². The molecule has 0 saturated carbocycles. The largest absolute Gasteiger partial charge is 0.361 e. The summed E-state index contributed by atoms with van der Waals surface area (Å²) in [6, 6.07) is 11.3. The number of carbonyl (C=O) groups excluding carboxylic acids is 1. The Kier molecular flexibility index (Phi) is 3.76. The van der Waals surface area contributed by atoms with E-state index in [4.69, 9.17) is 0 Å². The first-order valence-corrected chi connectivity index (χ1v) is 8.59. The molecule has 4 rings (SSSR count). The molecule has 24 heavy (non-hydrogen) atoms. The van der Waals surface area contributed by atoms with E-state index < -0.39 is 11.6 Å². The Hall–Kier alpha value is -2.34. The normalized spacial score (nSPS) is 17.8. The van der Waals surface area contributed by atoms with Gasteiger partial charge in [-0.3, -0.25) is 4.79 Å². The molecule has 0 radical (unpaired) electrons. The van der Waals surface area contributed by atoms with Crippen molar-refractivity contribution in [2.24, 2.45) is 0 Å². The molecule has 1 aliphatic rings. The van der Waals surface area contributed by atoms with Crippen molar-refractivity contribution in [3.05, 3.63) is 71.4 Å². The Morgan fingerprint density at radius 2 is 1.92 bits per heavy atom. The molecule has 3 aromatic rings. The topological polar surface area (TPSA) is 36.1 Å². The molecule has 1 amide bonds. The van der Waals surface area contributed by atoms with Crippen molar-refractivity contribution in [1.82, 2.24) is 9.88 Å². The van der Waals surface area contributed by atoms with Gasteiger partial charge in [0.2, 0.25) is 5.91 Å². The van der Waals surface area contributed by atoms with Gasteiger partial charge >= 0.3 is 0 Å². The molecule has 1 N–H and O–H groups in total. The molecule has 1 aliphatic heterocycles. The Morgan fingerprint density at radius 3 is 2.71 bits per heavy atom. The fourth-order valence-electron chi connectivity index (χ4n) is 3.08. The van der Waals surface area contributed by atoms with Crippen LogP contribution in [0.1, 0.15) is 16.5 Å². The highest BCUT2D eigenvalue weighted by Gasteiger charge is 2.34. The summed E-state index contributed by atoms with van der Waals surface area (Å²) in [4.78, 5) is 17.2. The van der Waals surface area contributed by atoms with Crippen LogP contribution in [0.2, 0.25) is 0 Å². The number of fused-ring (bicyclic) bond motifs is 1. The average Bonchev–Trinajstić information content (AvgIpc) is 3.11. The van der Waals surface area contributed by atoms with Crippen LogP contribution in [-0.2, 0) is 11.3 Å². The van der Waals surface area contributed by atoms with Gasteiger partial charge in [-0.15, -0.1) is 11.8 Å². The summed E-state index contributed by atoms with van der Waals surface area (Å²) in [5.74, 6) is -0.928. The molecule has 1 aromatic heterocycles. The third kappa shape index (κ3) is 2.67. The van der Waals surface area contributed by atoms with Gasteiger partial charge in [-0.2, -0.15) is 0 Å². The standard InChI is InChI=1S/C18H14F2N2OS/c19-12-5-11(6-13(20)7-12)9-22-17(23)10-24-18(22)15-8-21-16-4-2-1-3-14(15)16/h1-8,18,21H,9-10H2. The maximum atomic E-state index is 13.4. The number of aromatic nitrogens is 1. The molecule has 2 heterocycles. The van der Waals surface area contributed by atoms with Gasteiger partial charge in [0, 0.05) is 35.3 Å². The molecule has 1 saturated heterocycles. The highest BCUT2D eigenvalue weighted by Crippen LogP contribution is 2.42. The van der Waals surface area contributed by atoms with E-state index in [1.54, 1.807) is 4.90 Å². The number of H-pyrrole nitrogens is 1. The van der Waals surface area contributed by atoms with Crippen molar-refractivity contribution >= 4 is 28.6 Å². The van der Waals surface area contributed by atoms with Crippen LogP contribution in [0.15, 0.2) is 48.7 Å². The van der Waals surface area contributed by atoms with Crippen molar-refractivity contribution in [3.63, 3.8) is 0 Å². The van der Waals surface area contributed by atoms with Crippen molar-refractivity contribution in [2.75, 3.05) is 5.75 Å². The van der Waals surface area contributed by atoms with Crippen molar-refractivity contribution in [2.45, 2.75) is 11.9 Å². The van der Waals surface area contributed by atoms with E-state index in [0.29, 0.717) is 11.3 Å². The monoisotopic (exact) mass is 344 g/mol. The van der Waals surface area contributed by atoms with E-state index in [9.17, 15) is 13.6 Å². The second-order valence-corrected chi connectivity index (χ2v) is 6.82. The smallest absolute Gasteiger partial charge is 0.234 e. The first-order chi connectivity index (χ1) is 11.6. The minimum Gasteiger partial charge on any atom is -0.361 e. The number of benzene rings is 2. The molecule has 1 atom stereocenters. The molecule has 0 aliphatic carbocycles. The lowest BCUT2D eigenvalue weighted by Gasteiger charge is -2.24. The number of amides is 1. The first-order valence-electron chi connectivity index (χ1n) is 7.54. The van der Waals surface area contributed by atoms with Gasteiger partial charge in [-0.1, -0.05) is 18.2 Å². The Bertz CT molecular complexity index is 904. The van der Waals surface area contributed by atoms with Crippen LogP contribution in [0.25, 0.3) is 10.9 Å². The van der Waals surface area contributed by atoms with Crippen LogP contribution >= 0.6 is 11.8 Å². The second-order valence-electron chi connectivity index (χ2n) is 5.75. The number of nitrogens with one attached hydrogen (secondary N) is 1. The molecular weight excluding hydrogens is 330 g/mol. The minimum absolute atomic E-state index is 0.0278. The molecule has 6 heteroatoms. The lowest BCUT2D eigenvalue weighted by atomic mass is 10.1. The summed E-state index contributed by atoms with van der Waals surface area (Å²) >= 11 is 1.53. The van der Waals surface area contributed by atoms with Gasteiger partial charge in [-0.25, -0.2) is 8.78 Å². The summed E-state index contributed by atoms with van der Waals surface area (Å²) < 4.78 is 26.8. The molecule has 0 bridgehead atoms. The van der Waals surface area contributed by atoms with Gasteiger partial charge in [0.15, 0.2) is 0 Å². The highest BCUT2D eigenvalue weighted by atomic mass is 32.2. The number of nitrogens with zero attached hydrogens (tertiary/aromatic N) is 1. The zero-order chi connectivity index (χ0) is 16.7. The molecule has 122 valence electrons. The fraction of sp³-hybridized carbons (Fsp3) is 0.167. The average molecular weight is 344 g/mol. The number of halogens is 2. The van der Waals surface area contributed by atoms with Crippen molar-refractivity contribution in [3.8, 4) is 0 Å². The summed E-state index contributed by atoms with van der Waals surface area (Å²) in [7, 11) is 0. The van der Waals surface area contributed by atoms with Crippen molar-refractivity contribution < 1.29 is 13.6 Å². The third-order valence-electron chi connectivity index (χ3n) is 4.13. The van der Waals surface area contributed by atoms with Gasteiger partial charge in [0.25, 0.3) is 0 Å². The van der Waals surface area contributed by atoms with E-state index >= 15 is 0 Å². The number of aromatic amines is 1. The van der Waals surface area contributed by atoms with Crippen LogP contribution in [0, 0.1) is 11.6 Å². The maximum absolute atomic E-state index is 13.4. The quantitative estimate of drug-likeness (QED) is 0.772. The number of rotatable bonds is 3. The van der Waals surface area contributed by atoms with Crippen LogP contribution in [0.3, 0.4) is 0 Å². The maximum Gasteiger partial charge on any atom is 0.234 e. The summed E-state index contributed by atoms with van der Waals surface area (Å²) in [6.07, 6.45) is 1.90. The molecular formula is C18H14F2N2OS. The van der Waals surface area contributed by atoms with Crippen molar-refractivity contribution in [1.29, 1.82) is 0 Å². The van der Waals surface area contributed by atoms with Gasteiger partial charge < -0.3 is 9.88 Å². The SMILES string of the molecule is O=C1CSC(c2c[nH]c3ccccc23)N1Cc1cc(F)cc(F)c1. The number of hydrogen-bond donors (Lipinski definition) is 1. The zero-order valence-electron chi connectivity index (χ0n) is 12.6. The number of carbonyl (C=O) groups is 1. The van der Waals surface area contributed by atoms with Gasteiger partial charge in [0.05, 0.1) is 5.75 Å². The Morgan fingerprint density at radius 1 is 1.17 bits per heavy atom.